The highest BCUT2D eigenvalue weighted by Gasteiger charge is 2.24. The summed E-state index contributed by atoms with van der Waals surface area (Å²) >= 11 is 5.85. The maximum atomic E-state index is 5.85. The van der Waals surface area contributed by atoms with Crippen molar-refractivity contribution in [3.63, 3.8) is 0 Å². The van der Waals surface area contributed by atoms with Crippen LogP contribution in [0.25, 0.3) is 0 Å². The number of nitrogens with zero attached hydrogens (tertiary/aromatic N) is 3. The molecule has 0 spiro atoms. The number of anilines is 2. The minimum Gasteiger partial charge on any atom is -0.354 e. The zero-order valence-corrected chi connectivity index (χ0v) is 11.0. The highest BCUT2D eigenvalue weighted by Crippen LogP contribution is 2.30. The van der Waals surface area contributed by atoms with E-state index in [2.05, 4.69) is 32.5 Å². The number of nitrogens with one attached hydrogen (secondary N) is 2. The molecule has 17 heavy (non-hydrogen) atoms. The molecular weight excluding hydrogens is 238 g/mol. The molecule has 0 radical (unpaired) electrons. The van der Waals surface area contributed by atoms with Crippen molar-refractivity contribution in [2.45, 2.75) is 39.2 Å². The molecule has 94 valence electrons. The first-order valence-corrected chi connectivity index (χ1v) is 6.49. The van der Waals surface area contributed by atoms with E-state index in [0.29, 0.717) is 17.9 Å². The molecule has 6 heteroatoms. The third kappa shape index (κ3) is 3.19. The Labute approximate surface area is 106 Å². The van der Waals surface area contributed by atoms with E-state index in [1.54, 1.807) is 0 Å². The van der Waals surface area contributed by atoms with E-state index in [0.717, 1.165) is 12.5 Å². The van der Waals surface area contributed by atoms with Crippen molar-refractivity contribution < 1.29 is 0 Å². The van der Waals surface area contributed by atoms with Gasteiger partial charge in [-0.3, -0.25) is 0 Å². The number of hydrogen-bond donors (Lipinski definition) is 2. The molecule has 1 unspecified atom stereocenters. The van der Waals surface area contributed by atoms with Crippen LogP contribution in [0.2, 0.25) is 5.28 Å². The van der Waals surface area contributed by atoms with Crippen LogP contribution in [-0.4, -0.2) is 27.5 Å². The van der Waals surface area contributed by atoms with Gasteiger partial charge in [-0.2, -0.15) is 15.0 Å². The van der Waals surface area contributed by atoms with E-state index in [-0.39, 0.29) is 5.28 Å². The van der Waals surface area contributed by atoms with Crippen LogP contribution in [0, 0.1) is 5.92 Å². The molecule has 1 atom stereocenters. The van der Waals surface area contributed by atoms with Crippen molar-refractivity contribution in [3.8, 4) is 0 Å². The molecule has 1 aromatic heterocycles. The third-order valence-electron chi connectivity index (χ3n) is 3.16. The van der Waals surface area contributed by atoms with E-state index in [9.17, 15) is 0 Å². The Morgan fingerprint density at radius 3 is 2.59 bits per heavy atom. The maximum absolute atomic E-state index is 5.85. The molecule has 0 aromatic carbocycles. The lowest BCUT2D eigenvalue weighted by molar-refractivity contribution is 0.284. The monoisotopic (exact) mass is 255 g/mol. The van der Waals surface area contributed by atoms with E-state index in [1.807, 2.05) is 6.92 Å². The van der Waals surface area contributed by atoms with Gasteiger partial charge in [-0.1, -0.05) is 6.42 Å². The summed E-state index contributed by atoms with van der Waals surface area (Å²) < 4.78 is 0. The lowest BCUT2D eigenvalue weighted by Gasteiger charge is -2.31. The molecule has 0 aliphatic heterocycles. The Morgan fingerprint density at radius 2 is 2.00 bits per heavy atom. The summed E-state index contributed by atoms with van der Waals surface area (Å²) in [4.78, 5) is 12.4. The SMILES string of the molecule is CCNc1nc(Cl)nc(NC(C)C2CCC2)n1. The van der Waals surface area contributed by atoms with Gasteiger partial charge in [0, 0.05) is 12.6 Å². The number of aromatic nitrogens is 3. The molecule has 0 amide bonds. The number of halogens is 1. The Hall–Kier alpha value is -1.10. The Morgan fingerprint density at radius 1 is 1.29 bits per heavy atom. The molecule has 1 aliphatic rings. The van der Waals surface area contributed by atoms with Gasteiger partial charge in [-0.05, 0) is 44.2 Å². The number of rotatable bonds is 5. The van der Waals surface area contributed by atoms with Crippen LogP contribution in [0.5, 0.6) is 0 Å². The van der Waals surface area contributed by atoms with Crippen molar-refractivity contribution in [2.24, 2.45) is 5.92 Å². The summed E-state index contributed by atoms with van der Waals surface area (Å²) in [5.41, 5.74) is 0. The molecule has 2 rings (SSSR count). The van der Waals surface area contributed by atoms with Crippen LogP contribution >= 0.6 is 11.6 Å². The Kier molecular flexibility index (Phi) is 3.99. The molecule has 1 aromatic rings. The van der Waals surface area contributed by atoms with E-state index in [4.69, 9.17) is 11.6 Å². The minimum absolute atomic E-state index is 0.222. The third-order valence-corrected chi connectivity index (χ3v) is 3.33. The Balaban J connectivity index is 2.03. The molecule has 0 saturated heterocycles. The minimum atomic E-state index is 0.222. The van der Waals surface area contributed by atoms with Gasteiger partial charge in [0.15, 0.2) is 0 Å². The molecule has 0 bridgehead atoms. The highest BCUT2D eigenvalue weighted by atomic mass is 35.5. The lowest BCUT2D eigenvalue weighted by atomic mass is 9.80. The van der Waals surface area contributed by atoms with Gasteiger partial charge in [0.1, 0.15) is 0 Å². The van der Waals surface area contributed by atoms with Crippen LogP contribution < -0.4 is 10.6 Å². The van der Waals surface area contributed by atoms with Crippen LogP contribution in [0.1, 0.15) is 33.1 Å². The van der Waals surface area contributed by atoms with Gasteiger partial charge >= 0.3 is 0 Å². The quantitative estimate of drug-likeness (QED) is 0.847. The normalized spacial score (nSPS) is 17.4. The fourth-order valence-electron chi connectivity index (χ4n) is 1.91. The molecular formula is C11H18ClN5. The molecule has 1 fully saturated rings. The second-order valence-electron chi connectivity index (χ2n) is 4.41. The summed E-state index contributed by atoms with van der Waals surface area (Å²) in [7, 11) is 0. The van der Waals surface area contributed by atoms with E-state index < -0.39 is 0 Å². The van der Waals surface area contributed by atoms with Crippen molar-refractivity contribution >= 4 is 23.5 Å². The first-order valence-electron chi connectivity index (χ1n) is 6.11. The summed E-state index contributed by atoms with van der Waals surface area (Å²) in [5, 5.41) is 6.55. The zero-order chi connectivity index (χ0) is 12.3. The van der Waals surface area contributed by atoms with Gasteiger partial charge in [0.05, 0.1) is 0 Å². The van der Waals surface area contributed by atoms with Crippen LogP contribution in [0.3, 0.4) is 0 Å². The molecule has 2 N–H and O–H groups in total. The van der Waals surface area contributed by atoms with Crippen LogP contribution in [0.4, 0.5) is 11.9 Å². The fourth-order valence-corrected chi connectivity index (χ4v) is 2.07. The van der Waals surface area contributed by atoms with Gasteiger partial charge < -0.3 is 10.6 Å². The van der Waals surface area contributed by atoms with Crippen molar-refractivity contribution in [1.82, 2.24) is 15.0 Å². The lowest BCUT2D eigenvalue weighted by Crippen LogP contribution is -2.31. The first kappa shape index (κ1) is 12.4. The topological polar surface area (TPSA) is 62.7 Å². The van der Waals surface area contributed by atoms with E-state index >= 15 is 0 Å². The molecule has 5 nitrogen and oxygen atoms in total. The van der Waals surface area contributed by atoms with Gasteiger partial charge in [0.25, 0.3) is 0 Å². The summed E-state index contributed by atoms with van der Waals surface area (Å²) in [6, 6.07) is 0.386. The van der Waals surface area contributed by atoms with Crippen molar-refractivity contribution in [1.29, 1.82) is 0 Å². The predicted molar refractivity (Wildman–Crippen MR) is 69.4 cm³/mol. The largest absolute Gasteiger partial charge is 0.354 e. The van der Waals surface area contributed by atoms with Crippen molar-refractivity contribution in [3.05, 3.63) is 5.28 Å². The Bertz CT molecular complexity index is 380. The summed E-state index contributed by atoms with van der Waals surface area (Å²) in [6.07, 6.45) is 3.90. The van der Waals surface area contributed by atoms with Gasteiger partial charge in [-0.25, -0.2) is 0 Å². The van der Waals surface area contributed by atoms with Crippen molar-refractivity contribution in [2.75, 3.05) is 17.2 Å². The second kappa shape index (κ2) is 5.49. The predicted octanol–water partition coefficient (Wildman–Crippen LogP) is 2.56. The average Bonchev–Trinajstić information content (AvgIpc) is 2.13. The summed E-state index contributed by atoms with van der Waals surface area (Å²) in [6.45, 7) is 4.91. The van der Waals surface area contributed by atoms with Crippen LogP contribution in [0.15, 0.2) is 0 Å². The molecule has 1 heterocycles. The maximum Gasteiger partial charge on any atom is 0.229 e. The van der Waals surface area contributed by atoms with Gasteiger partial charge in [0.2, 0.25) is 17.2 Å². The van der Waals surface area contributed by atoms with E-state index in [1.165, 1.54) is 19.3 Å². The molecule has 1 aliphatic carbocycles. The summed E-state index contributed by atoms with van der Waals surface area (Å²) in [5.74, 6) is 1.81. The standard InChI is InChI=1S/C11H18ClN5/c1-3-13-10-15-9(12)16-11(17-10)14-7(2)8-5-4-6-8/h7-8H,3-6H2,1-2H3,(H2,13,14,15,16,17). The number of hydrogen-bond acceptors (Lipinski definition) is 5. The smallest absolute Gasteiger partial charge is 0.229 e. The highest BCUT2D eigenvalue weighted by molar-refractivity contribution is 6.28. The fraction of sp³-hybridized carbons (Fsp3) is 0.727. The average molecular weight is 256 g/mol. The first-order chi connectivity index (χ1) is 8.19. The van der Waals surface area contributed by atoms with Crippen LogP contribution in [-0.2, 0) is 0 Å². The second-order valence-corrected chi connectivity index (χ2v) is 4.74. The van der Waals surface area contributed by atoms with Gasteiger partial charge in [-0.15, -0.1) is 0 Å². The zero-order valence-electron chi connectivity index (χ0n) is 10.2. The molecule has 1 saturated carbocycles.